The summed E-state index contributed by atoms with van der Waals surface area (Å²) in [6, 6.07) is 15.5. The van der Waals surface area contributed by atoms with Gasteiger partial charge in [0.25, 0.3) is 0 Å². The van der Waals surface area contributed by atoms with Crippen LogP contribution in [-0.2, 0) is 14.3 Å². The molecular weight excluding hydrogens is 420 g/mol. The van der Waals surface area contributed by atoms with Crippen molar-refractivity contribution < 1.29 is 24.2 Å². The molecule has 7 heteroatoms. The van der Waals surface area contributed by atoms with Crippen molar-refractivity contribution in [1.29, 1.82) is 0 Å². The van der Waals surface area contributed by atoms with E-state index in [1.54, 1.807) is 0 Å². The number of carboxylic acids is 1. The van der Waals surface area contributed by atoms with E-state index in [-0.39, 0.29) is 36.8 Å². The number of fused-ring (bicyclic) bond motifs is 3. The summed E-state index contributed by atoms with van der Waals surface area (Å²) < 4.78 is 5.56. The van der Waals surface area contributed by atoms with Gasteiger partial charge in [0, 0.05) is 18.4 Å². The molecule has 2 aromatic rings. The van der Waals surface area contributed by atoms with Crippen LogP contribution in [0.25, 0.3) is 11.1 Å². The van der Waals surface area contributed by atoms with E-state index in [1.165, 1.54) is 0 Å². The highest BCUT2D eigenvalue weighted by Gasteiger charge is 2.31. The van der Waals surface area contributed by atoms with E-state index in [2.05, 4.69) is 34.9 Å². The van der Waals surface area contributed by atoms with Crippen LogP contribution in [0.15, 0.2) is 48.5 Å². The Balaban J connectivity index is 1.31. The first-order valence-electron chi connectivity index (χ1n) is 11.6. The molecule has 0 spiro atoms. The van der Waals surface area contributed by atoms with Gasteiger partial charge in [0.1, 0.15) is 12.6 Å². The summed E-state index contributed by atoms with van der Waals surface area (Å²) in [5, 5.41) is 14.6. The fraction of sp³-hybridized carbons (Fsp3) is 0.423. The van der Waals surface area contributed by atoms with Gasteiger partial charge in [-0.1, -0.05) is 55.5 Å². The Hall–Kier alpha value is -3.35. The minimum atomic E-state index is -0.810. The van der Waals surface area contributed by atoms with Crippen LogP contribution in [0, 0.1) is 5.92 Å². The monoisotopic (exact) mass is 450 g/mol. The first-order chi connectivity index (χ1) is 16.0. The average molecular weight is 451 g/mol. The fourth-order valence-corrected chi connectivity index (χ4v) is 5.08. The third-order valence-electron chi connectivity index (χ3n) is 6.71. The highest BCUT2D eigenvalue weighted by Crippen LogP contribution is 2.44. The summed E-state index contributed by atoms with van der Waals surface area (Å²) in [5.74, 6) is -1.02. The molecule has 2 aliphatic rings. The molecule has 7 nitrogen and oxygen atoms in total. The Labute approximate surface area is 193 Å². The molecule has 4 rings (SSSR count). The maximum Gasteiger partial charge on any atom is 0.407 e. The second-order valence-electron chi connectivity index (χ2n) is 8.91. The first kappa shape index (κ1) is 22.8. The molecule has 174 valence electrons. The summed E-state index contributed by atoms with van der Waals surface area (Å²) >= 11 is 0. The number of hydrogen-bond acceptors (Lipinski definition) is 4. The van der Waals surface area contributed by atoms with E-state index < -0.39 is 18.1 Å². The molecular formula is C26H30N2O5. The van der Waals surface area contributed by atoms with Crippen LogP contribution in [0.1, 0.15) is 56.1 Å². The molecule has 2 amide bonds. The summed E-state index contributed by atoms with van der Waals surface area (Å²) in [6.45, 7) is 2.02. The predicted molar refractivity (Wildman–Crippen MR) is 124 cm³/mol. The molecule has 2 aromatic carbocycles. The van der Waals surface area contributed by atoms with Gasteiger partial charge < -0.3 is 20.5 Å². The molecule has 0 bridgehead atoms. The Bertz CT molecular complexity index is 991. The normalized spacial score (nSPS) is 19.9. The molecule has 0 radical (unpaired) electrons. The minimum absolute atomic E-state index is 0.0401. The van der Waals surface area contributed by atoms with Crippen LogP contribution < -0.4 is 10.6 Å². The number of benzene rings is 2. The lowest BCUT2D eigenvalue weighted by atomic mass is 9.98. The van der Waals surface area contributed by atoms with Crippen molar-refractivity contribution in [2.75, 3.05) is 6.61 Å². The molecule has 3 atom stereocenters. The first-order valence-corrected chi connectivity index (χ1v) is 11.6. The fourth-order valence-electron chi connectivity index (χ4n) is 5.08. The third kappa shape index (κ3) is 5.18. The van der Waals surface area contributed by atoms with E-state index in [1.807, 2.05) is 31.2 Å². The molecule has 0 saturated heterocycles. The minimum Gasteiger partial charge on any atom is -0.481 e. The highest BCUT2D eigenvalue weighted by molar-refractivity contribution is 5.86. The van der Waals surface area contributed by atoms with Crippen LogP contribution in [0.2, 0.25) is 0 Å². The summed E-state index contributed by atoms with van der Waals surface area (Å²) in [6.07, 6.45) is 2.13. The standard InChI is InChI=1S/C26H30N2O5/c1-2-23(25(31)27-17-12-11-16(13-17)14-24(29)30)28-26(32)33-15-22-20-9-5-3-7-18(20)19-8-4-6-10-21(19)22/h3-10,16-17,22-23H,2,11-15H2,1H3,(H,27,31)(H,28,32)(H,29,30)/t16-,17+,23-/m0/s1. The van der Waals surface area contributed by atoms with Crippen LogP contribution in [0.3, 0.4) is 0 Å². The van der Waals surface area contributed by atoms with Crippen LogP contribution in [0.5, 0.6) is 0 Å². The summed E-state index contributed by atoms with van der Waals surface area (Å²) in [7, 11) is 0. The topological polar surface area (TPSA) is 105 Å². The number of ether oxygens (including phenoxy) is 1. The van der Waals surface area contributed by atoms with Crippen LogP contribution in [-0.4, -0.2) is 41.8 Å². The van der Waals surface area contributed by atoms with Crippen molar-refractivity contribution in [3.63, 3.8) is 0 Å². The van der Waals surface area contributed by atoms with Gasteiger partial charge >= 0.3 is 12.1 Å². The number of carbonyl (C=O) groups is 3. The van der Waals surface area contributed by atoms with Crippen molar-refractivity contribution in [3.8, 4) is 11.1 Å². The second-order valence-corrected chi connectivity index (χ2v) is 8.91. The van der Waals surface area contributed by atoms with E-state index in [4.69, 9.17) is 9.84 Å². The smallest absolute Gasteiger partial charge is 0.407 e. The zero-order valence-corrected chi connectivity index (χ0v) is 18.8. The van der Waals surface area contributed by atoms with Gasteiger partial charge in [-0.05, 0) is 53.9 Å². The maximum absolute atomic E-state index is 12.7. The van der Waals surface area contributed by atoms with Crippen molar-refractivity contribution in [3.05, 3.63) is 59.7 Å². The van der Waals surface area contributed by atoms with Gasteiger partial charge in [-0.3, -0.25) is 9.59 Å². The molecule has 0 unspecified atom stereocenters. The number of nitrogens with one attached hydrogen (secondary N) is 2. The Kier molecular flexibility index (Phi) is 6.96. The average Bonchev–Trinajstić information content (AvgIpc) is 3.37. The second kappa shape index (κ2) is 10.1. The lowest BCUT2D eigenvalue weighted by Gasteiger charge is -2.21. The molecule has 3 N–H and O–H groups in total. The third-order valence-corrected chi connectivity index (χ3v) is 6.71. The molecule has 0 aromatic heterocycles. The zero-order chi connectivity index (χ0) is 23.4. The largest absolute Gasteiger partial charge is 0.481 e. The Morgan fingerprint density at radius 1 is 1.03 bits per heavy atom. The number of alkyl carbamates (subject to hydrolysis) is 1. The highest BCUT2D eigenvalue weighted by atomic mass is 16.5. The predicted octanol–water partition coefficient (Wildman–Crippen LogP) is 4.06. The molecule has 33 heavy (non-hydrogen) atoms. The van der Waals surface area contributed by atoms with E-state index in [0.717, 1.165) is 35.1 Å². The number of aliphatic carboxylic acids is 1. The van der Waals surface area contributed by atoms with E-state index in [0.29, 0.717) is 12.8 Å². The Morgan fingerprint density at radius 3 is 2.27 bits per heavy atom. The van der Waals surface area contributed by atoms with Gasteiger partial charge in [-0.2, -0.15) is 0 Å². The molecule has 1 fully saturated rings. The van der Waals surface area contributed by atoms with E-state index >= 15 is 0 Å². The van der Waals surface area contributed by atoms with Gasteiger partial charge in [0.2, 0.25) is 5.91 Å². The summed E-state index contributed by atoms with van der Waals surface area (Å²) in [4.78, 5) is 36.1. The number of hydrogen-bond donors (Lipinski definition) is 3. The van der Waals surface area contributed by atoms with Crippen LogP contribution in [0.4, 0.5) is 4.79 Å². The van der Waals surface area contributed by atoms with Crippen LogP contribution >= 0.6 is 0 Å². The molecule has 0 heterocycles. The molecule has 1 saturated carbocycles. The van der Waals surface area contributed by atoms with Crippen molar-refractivity contribution in [2.45, 2.75) is 57.0 Å². The molecule has 2 aliphatic carbocycles. The lowest BCUT2D eigenvalue weighted by Crippen LogP contribution is -2.49. The van der Waals surface area contributed by atoms with Crippen molar-refractivity contribution in [1.82, 2.24) is 10.6 Å². The van der Waals surface area contributed by atoms with Crippen molar-refractivity contribution in [2.24, 2.45) is 5.92 Å². The van der Waals surface area contributed by atoms with Gasteiger partial charge in [0.15, 0.2) is 0 Å². The number of carbonyl (C=O) groups excluding carboxylic acids is 2. The molecule has 0 aliphatic heterocycles. The number of carboxylic acid groups (broad SMARTS) is 1. The van der Waals surface area contributed by atoms with Crippen molar-refractivity contribution >= 4 is 18.0 Å². The van der Waals surface area contributed by atoms with Gasteiger partial charge in [-0.15, -0.1) is 0 Å². The Morgan fingerprint density at radius 2 is 1.67 bits per heavy atom. The van der Waals surface area contributed by atoms with E-state index in [9.17, 15) is 14.4 Å². The SMILES string of the molecule is CC[C@H](NC(=O)OCC1c2ccccc2-c2ccccc21)C(=O)N[C@@H]1CC[C@H](CC(=O)O)C1. The van der Waals surface area contributed by atoms with Gasteiger partial charge in [0.05, 0.1) is 0 Å². The summed E-state index contributed by atoms with van der Waals surface area (Å²) in [5.41, 5.74) is 4.58. The quantitative estimate of drug-likeness (QED) is 0.563. The van der Waals surface area contributed by atoms with Gasteiger partial charge in [-0.25, -0.2) is 4.79 Å². The lowest BCUT2D eigenvalue weighted by molar-refractivity contribution is -0.138. The maximum atomic E-state index is 12.7. The zero-order valence-electron chi connectivity index (χ0n) is 18.8. The number of amides is 2. The number of rotatable bonds is 8.